The lowest BCUT2D eigenvalue weighted by Gasteiger charge is -2.03. The molecule has 0 fully saturated rings. The molecule has 1 heterocycles. The van der Waals surface area contributed by atoms with E-state index in [0.717, 1.165) is 16.2 Å². The molecule has 0 aliphatic rings. The largest absolute Gasteiger partial charge is 0.398 e. The van der Waals surface area contributed by atoms with Gasteiger partial charge in [-0.05, 0) is 36.8 Å². The van der Waals surface area contributed by atoms with Crippen LogP contribution in [0.5, 0.6) is 0 Å². The lowest BCUT2D eigenvalue weighted by atomic mass is 10.3. The van der Waals surface area contributed by atoms with Crippen LogP contribution in [0.1, 0.15) is 16.7 Å². The van der Waals surface area contributed by atoms with E-state index in [1.54, 1.807) is 29.5 Å². The van der Waals surface area contributed by atoms with Crippen LogP contribution in [0, 0.1) is 0 Å². The molecule has 2 aromatic rings. The first-order valence-electron chi connectivity index (χ1n) is 5.61. The summed E-state index contributed by atoms with van der Waals surface area (Å²) in [5.74, 6) is 0.533. The fourth-order valence-electron chi connectivity index (χ4n) is 1.55. The summed E-state index contributed by atoms with van der Waals surface area (Å²) in [6, 6.07) is 9.28. The average Bonchev–Trinajstić information content (AvgIpc) is 2.80. The molecule has 18 heavy (non-hydrogen) atoms. The molecular weight excluding hydrogens is 286 g/mol. The number of thiophene rings is 1. The van der Waals surface area contributed by atoms with Crippen molar-refractivity contribution in [3.63, 3.8) is 0 Å². The zero-order valence-corrected chi connectivity index (χ0v) is 12.4. The van der Waals surface area contributed by atoms with Crippen molar-refractivity contribution in [3.8, 4) is 0 Å². The first kappa shape index (κ1) is 13.6. The number of nitrogen functional groups attached to an aromatic ring is 1. The predicted octanol–water partition coefficient (Wildman–Crippen LogP) is 3.85. The van der Waals surface area contributed by atoms with Gasteiger partial charge >= 0.3 is 0 Å². The lowest BCUT2D eigenvalue weighted by molar-refractivity contribution is 0.683. The summed E-state index contributed by atoms with van der Waals surface area (Å²) in [5, 5.41) is 0.460. The van der Waals surface area contributed by atoms with Gasteiger partial charge in [-0.15, -0.1) is 11.3 Å². The van der Waals surface area contributed by atoms with Gasteiger partial charge in [-0.1, -0.05) is 18.5 Å². The maximum Gasteiger partial charge on any atom is 0.0647 e. The summed E-state index contributed by atoms with van der Waals surface area (Å²) in [7, 11) is -1.07. The molecular formula is C13H14ClNOS2. The second kappa shape index (κ2) is 5.87. The van der Waals surface area contributed by atoms with Crippen LogP contribution in [-0.2, 0) is 23.0 Å². The van der Waals surface area contributed by atoms with Crippen LogP contribution in [0.4, 0.5) is 5.69 Å². The van der Waals surface area contributed by atoms with E-state index in [9.17, 15) is 4.21 Å². The smallest absolute Gasteiger partial charge is 0.0647 e. The van der Waals surface area contributed by atoms with E-state index in [-0.39, 0.29) is 0 Å². The third kappa shape index (κ3) is 3.13. The summed E-state index contributed by atoms with van der Waals surface area (Å²) in [6.07, 6.45) is 1.02. The summed E-state index contributed by atoms with van der Waals surface area (Å²) in [5.41, 5.74) is 6.15. The third-order valence-corrected chi connectivity index (χ3v) is 5.67. The van der Waals surface area contributed by atoms with Gasteiger partial charge in [0.05, 0.1) is 27.3 Å². The number of hydrogen-bond acceptors (Lipinski definition) is 3. The molecule has 0 saturated carbocycles. The number of rotatable bonds is 4. The van der Waals surface area contributed by atoms with Gasteiger partial charge in [0.15, 0.2) is 0 Å². The number of benzene rings is 1. The van der Waals surface area contributed by atoms with Crippen LogP contribution >= 0.6 is 22.9 Å². The minimum atomic E-state index is -1.07. The number of hydrogen-bond donors (Lipinski definition) is 1. The Hall–Kier alpha value is -0.840. The Morgan fingerprint density at radius 2 is 2.00 bits per heavy atom. The van der Waals surface area contributed by atoms with Crippen LogP contribution < -0.4 is 5.73 Å². The second-order valence-corrected chi connectivity index (χ2v) is 7.01. The van der Waals surface area contributed by atoms with Crippen LogP contribution in [0.15, 0.2) is 35.2 Å². The van der Waals surface area contributed by atoms with Crippen molar-refractivity contribution in [3.05, 3.63) is 45.1 Å². The van der Waals surface area contributed by atoms with E-state index in [1.807, 2.05) is 6.07 Å². The molecule has 0 amide bonds. The number of nitrogens with two attached hydrogens (primary N) is 1. The van der Waals surface area contributed by atoms with Gasteiger partial charge in [-0.3, -0.25) is 4.21 Å². The van der Waals surface area contributed by atoms with Crippen LogP contribution in [0.3, 0.4) is 0 Å². The quantitative estimate of drug-likeness (QED) is 0.871. The Morgan fingerprint density at radius 1 is 1.28 bits per heavy atom. The number of anilines is 1. The monoisotopic (exact) mass is 299 g/mol. The number of aryl methyl sites for hydroxylation is 1. The molecule has 2 N–H and O–H groups in total. The SMILES string of the molecule is CCc1ccc(CS(=O)c2ccc(N)c(Cl)c2)s1. The molecule has 0 saturated heterocycles. The van der Waals surface area contributed by atoms with Crippen molar-refractivity contribution in [1.29, 1.82) is 0 Å². The normalized spacial score (nSPS) is 12.6. The Labute approximate surface area is 118 Å². The Balaban J connectivity index is 2.14. The molecule has 1 aromatic carbocycles. The Kier molecular flexibility index (Phi) is 4.43. The van der Waals surface area contributed by atoms with E-state index in [1.165, 1.54) is 4.88 Å². The molecule has 1 atom stereocenters. The first-order chi connectivity index (χ1) is 8.60. The molecule has 0 spiro atoms. The van der Waals surface area contributed by atoms with E-state index in [2.05, 4.69) is 13.0 Å². The van der Waals surface area contributed by atoms with Crippen LogP contribution in [-0.4, -0.2) is 4.21 Å². The molecule has 5 heteroatoms. The summed E-state index contributed by atoms with van der Waals surface area (Å²) in [6.45, 7) is 2.12. The fourth-order valence-corrected chi connectivity index (χ4v) is 4.10. The molecule has 1 aromatic heterocycles. The Morgan fingerprint density at radius 3 is 2.61 bits per heavy atom. The summed E-state index contributed by atoms with van der Waals surface area (Å²) >= 11 is 7.64. The standard InChI is InChI=1S/C13H14ClNOS2/c1-2-9-3-4-10(17-9)8-18(16)11-5-6-13(15)12(14)7-11/h3-7H,2,8,15H2,1H3. The molecule has 0 aliphatic heterocycles. The van der Waals surface area contributed by atoms with Crippen molar-refractivity contribution >= 4 is 39.4 Å². The van der Waals surface area contributed by atoms with E-state index < -0.39 is 10.8 Å². The van der Waals surface area contributed by atoms with Crippen molar-refractivity contribution in [2.75, 3.05) is 5.73 Å². The lowest BCUT2D eigenvalue weighted by Crippen LogP contribution is -1.96. The fraction of sp³-hybridized carbons (Fsp3) is 0.231. The van der Waals surface area contributed by atoms with Crippen molar-refractivity contribution in [1.82, 2.24) is 0 Å². The number of halogens is 1. The minimum absolute atomic E-state index is 0.460. The molecule has 96 valence electrons. The first-order valence-corrected chi connectivity index (χ1v) is 8.12. The molecule has 0 radical (unpaired) electrons. The minimum Gasteiger partial charge on any atom is -0.398 e. The summed E-state index contributed by atoms with van der Waals surface area (Å²) in [4.78, 5) is 3.18. The van der Waals surface area contributed by atoms with Crippen molar-refractivity contribution in [2.24, 2.45) is 0 Å². The summed E-state index contributed by atoms with van der Waals surface area (Å²) < 4.78 is 12.2. The second-order valence-electron chi connectivity index (χ2n) is 3.89. The maximum atomic E-state index is 12.2. The van der Waals surface area contributed by atoms with Gasteiger partial charge in [-0.2, -0.15) is 0 Å². The van der Waals surface area contributed by atoms with E-state index in [4.69, 9.17) is 17.3 Å². The highest BCUT2D eigenvalue weighted by molar-refractivity contribution is 7.84. The predicted molar refractivity (Wildman–Crippen MR) is 79.7 cm³/mol. The van der Waals surface area contributed by atoms with Crippen molar-refractivity contribution in [2.45, 2.75) is 24.0 Å². The van der Waals surface area contributed by atoms with E-state index >= 15 is 0 Å². The topological polar surface area (TPSA) is 43.1 Å². The molecule has 0 bridgehead atoms. The highest BCUT2D eigenvalue weighted by atomic mass is 35.5. The highest BCUT2D eigenvalue weighted by Gasteiger charge is 2.09. The molecule has 0 aliphatic carbocycles. The van der Waals surface area contributed by atoms with Gasteiger partial charge in [0.25, 0.3) is 0 Å². The van der Waals surface area contributed by atoms with Crippen molar-refractivity contribution < 1.29 is 4.21 Å². The maximum absolute atomic E-state index is 12.2. The highest BCUT2D eigenvalue weighted by Crippen LogP contribution is 2.25. The van der Waals surface area contributed by atoms with E-state index in [0.29, 0.717) is 16.5 Å². The molecule has 2 nitrogen and oxygen atoms in total. The van der Waals surface area contributed by atoms with Gasteiger partial charge in [0.1, 0.15) is 0 Å². The zero-order valence-electron chi connectivity index (χ0n) is 9.98. The Bertz CT molecular complexity index is 580. The third-order valence-electron chi connectivity index (χ3n) is 2.57. The van der Waals surface area contributed by atoms with Gasteiger partial charge in [-0.25, -0.2) is 0 Å². The zero-order chi connectivity index (χ0) is 13.1. The molecule has 1 unspecified atom stereocenters. The van der Waals surface area contributed by atoms with Gasteiger partial charge in [0, 0.05) is 14.6 Å². The van der Waals surface area contributed by atoms with Crippen LogP contribution in [0.25, 0.3) is 0 Å². The molecule has 2 rings (SSSR count). The average molecular weight is 300 g/mol. The van der Waals surface area contributed by atoms with Gasteiger partial charge < -0.3 is 5.73 Å². The van der Waals surface area contributed by atoms with Gasteiger partial charge in [0.2, 0.25) is 0 Å². The van der Waals surface area contributed by atoms with Crippen LogP contribution in [0.2, 0.25) is 5.02 Å².